The van der Waals surface area contributed by atoms with Gasteiger partial charge in [-0.3, -0.25) is 38.6 Å². The van der Waals surface area contributed by atoms with E-state index in [2.05, 4.69) is 70.1 Å². The van der Waals surface area contributed by atoms with Crippen LogP contribution in [-0.2, 0) is 71.4 Å². The Morgan fingerprint density at radius 1 is 0.342 bits per heavy atom. The standard InChI is InChI=1S/2C19H35NO5.C17H31NO5/c1-14(2)20(15(3)4)10-11-24-18(21)16-6-8-17(9-7-16)19(22)25-13-12-23-5;1-4-10-20(11-5-2)12-13-24-18(21)16-6-8-17(9-7-16)19(22)25-15-14-23-3;1-4-18(5-2)10-11-22-16(19)14-6-8-15(9-7-14)17(20)23-13-12-21-3/h14-17H,6-13H2,1-5H3;16-17H,4-15H2,1-3H3;14-15H,4-13H2,1-3H3. The van der Waals surface area contributed by atoms with E-state index in [1.807, 2.05) is 0 Å². The van der Waals surface area contributed by atoms with Gasteiger partial charge in [0, 0.05) is 53.0 Å². The monoisotopic (exact) mass is 1040 g/mol. The van der Waals surface area contributed by atoms with Crippen molar-refractivity contribution in [1.29, 1.82) is 0 Å². The number of nitrogens with zero attached hydrogens (tertiary/aromatic N) is 3. The van der Waals surface area contributed by atoms with Crippen LogP contribution in [-0.4, -0.2) is 189 Å². The summed E-state index contributed by atoms with van der Waals surface area (Å²) in [5, 5.41) is 0. The van der Waals surface area contributed by atoms with Crippen LogP contribution in [0, 0.1) is 35.5 Å². The molecule has 0 heterocycles. The minimum Gasteiger partial charge on any atom is -0.464 e. The maximum absolute atomic E-state index is 12.2. The van der Waals surface area contributed by atoms with Gasteiger partial charge in [-0.15, -0.1) is 0 Å². The van der Waals surface area contributed by atoms with E-state index in [4.69, 9.17) is 42.6 Å². The first-order valence-electron chi connectivity index (χ1n) is 27.8. The lowest BCUT2D eigenvalue weighted by atomic mass is 9.82. The summed E-state index contributed by atoms with van der Waals surface area (Å²) in [4.78, 5) is 79.1. The van der Waals surface area contributed by atoms with Gasteiger partial charge in [0.1, 0.15) is 39.6 Å². The fourth-order valence-electron chi connectivity index (χ4n) is 9.50. The van der Waals surface area contributed by atoms with E-state index < -0.39 is 0 Å². The van der Waals surface area contributed by atoms with Gasteiger partial charge in [0.05, 0.1) is 55.3 Å². The van der Waals surface area contributed by atoms with Gasteiger partial charge in [-0.1, -0.05) is 27.7 Å². The maximum atomic E-state index is 12.2. The number of esters is 6. The molecule has 0 spiro atoms. The summed E-state index contributed by atoms with van der Waals surface area (Å²) in [6.45, 7) is 26.9. The molecular formula is C55H101N3O15. The third kappa shape index (κ3) is 29.5. The molecule has 0 saturated heterocycles. The predicted octanol–water partition coefficient (Wildman–Crippen LogP) is 7.16. The molecule has 3 rings (SSSR count). The fraction of sp³-hybridized carbons (Fsp3) is 0.891. The SMILES string of the molecule is CCCN(CCC)CCOC(=O)C1CCC(C(=O)OCCOC)CC1.CCN(CC)CCOC(=O)C1CCC(C(=O)OCCOC)CC1.COCCOC(=O)C1CCC(C(=O)OCCN(C(C)C)C(C)C)CC1. The highest BCUT2D eigenvalue weighted by Gasteiger charge is 2.34. The molecule has 0 aliphatic heterocycles. The Bertz CT molecular complexity index is 1460. The molecule has 18 heteroatoms. The summed E-state index contributed by atoms with van der Waals surface area (Å²) < 4.78 is 46.4. The highest BCUT2D eigenvalue weighted by atomic mass is 16.6. The molecule has 3 saturated carbocycles. The summed E-state index contributed by atoms with van der Waals surface area (Å²) in [5.74, 6) is -1.39. The van der Waals surface area contributed by atoms with E-state index in [1.165, 1.54) is 0 Å². The zero-order chi connectivity index (χ0) is 54.4. The van der Waals surface area contributed by atoms with Crippen molar-refractivity contribution in [2.45, 2.75) is 157 Å². The first kappa shape index (κ1) is 67.6. The Balaban J connectivity index is 0.000000548. The second kappa shape index (κ2) is 41.8. The van der Waals surface area contributed by atoms with Gasteiger partial charge < -0.3 is 47.5 Å². The van der Waals surface area contributed by atoms with Gasteiger partial charge in [-0.05, 0) is 144 Å². The van der Waals surface area contributed by atoms with Crippen molar-refractivity contribution in [3.05, 3.63) is 0 Å². The van der Waals surface area contributed by atoms with Crippen molar-refractivity contribution in [3.63, 3.8) is 0 Å². The minimum atomic E-state index is -0.173. The van der Waals surface area contributed by atoms with Crippen LogP contribution < -0.4 is 0 Å². The molecule has 3 aliphatic carbocycles. The number of carbonyl (C=O) groups is 6. The highest BCUT2D eigenvalue weighted by Crippen LogP contribution is 2.32. The third-order valence-electron chi connectivity index (χ3n) is 14.0. The van der Waals surface area contributed by atoms with Gasteiger partial charge in [0.15, 0.2) is 0 Å². The first-order chi connectivity index (χ1) is 35.1. The Labute approximate surface area is 440 Å². The minimum absolute atomic E-state index is 0.0743. The predicted molar refractivity (Wildman–Crippen MR) is 280 cm³/mol. The third-order valence-corrected chi connectivity index (χ3v) is 14.0. The van der Waals surface area contributed by atoms with Crippen molar-refractivity contribution in [2.75, 3.05) is 127 Å². The molecule has 0 aromatic heterocycles. The van der Waals surface area contributed by atoms with Gasteiger partial charge in [-0.2, -0.15) is 0 Å². The number of rotatable bonds is 32. The van der Waals surface area contributed by atoms with E-state index in [-0.39, 0.29) is 71.3 Å². The average molecular weight is 1040 g/mol. The first-order valence-corrected chi connectivity index (χ1v) is 27.8. The zero-order valence-electron chi connectivity index (χ0n) is 47.3. The molecule has 18 nitrogen and oxygen atoms in total. The molecule has 426 valence electrons. The van der Waals surface area contributed by atoms with E-state index in [0.717, 1.165) is 58.7 Å². The average Bonchev–Trinajstić information content (AvgIpc) is 3.39. The van der Waals surface area contributed by atoms with E-state index in [1.54, 1.807) is 21.3 Å². The Hall–Kier alpha value is -3.42. The largest absolute Gasteiger partial charge is 0.464 e. The number of ether oxygens (including phenoxy) is 9. The van der Waals surface area contributed by atoms with Crippen molar-refractivity contribution >= 4 is 35.8 Å². The molecule has 3 fully saturated rings. The van der Waals surface area contributed by atoms with Gasteiger partial charge in [0.25, 0.3) is 0 Å². The Morgan fingerprint density at radius 3 is 0.795 bits per heavy atom. The molecule has 0 atom stereocenters. The number of carbonyl (C=O) groups excluding carboxylic acids is 6. The second-order valence-electron chi connectivity index (χ2n) is 19.9. The van der Waals surface area contributed by atoms with Crippen molar-refractivity contribution < 1.29 is 71.4 Å². The van der Waals surface area contributed by atoms with Crippen molar-refractivity contribution in [1.82, 2.24) is 14.7 Å². The van der Waals surface area contributed by atoms with Crippen LogP contribution in [0.5, 0.6) is 0 Å². The fourth-order valence-corrected chi connectivity index (χ4v) is 9.50. The van der Waals surface area contributed by atoms with Crippen LogP contribution in [0.2, 0.25) is 0 Å². The number of hydrogen-bond donors (Lipinski definition) is 0. The van der Waals surface area contributed by atoms with E-state index >= 15 is 0 Å². The number of methoxy groups -OCH3 is 3. The molecule has 0 aromatic rings. The molecule has 0 radical (unpaired) electrons. The number of likely N-dealkylation sites (N-methyl/N-ethyl adjacent to an activating group) is 1. The molecule has 0 N–H and O–H groups in total. The van der Waals surface area contributed by atoms with Crippen LogP contribution in [0.25, 0.3) is 0 Å². The maximum Gasteiger partial charge on any atom is 0.309 e. The molecule has 0 aromatic carbocycles. The quantitative estimate of drug-likeness (QED) is 0.0374. The van der Waals surface area contributed by atoms with Crippen LogP contribution in [0.15, 0.2) is 0 Å². The van der Waals surface area contributed by atoms with Gasteiger partial charge in [0.2, 0.25) is 0 Å². The normalized spacial score (nSPS) is 20.9. The molecule has 0 bridgehead atoms. The zero-order valence-corrected chi connectivity index (χ0v) is 47.3. The summed E-state index contributed by atoms with van der Waals surface area (Å²) in [7, 11) is 4.73. The molecule has 3 aliphatic rings. The molecule has 73 heavy (non-hydrogen) atoms. The van der Waals surface area contributed by atoms with Crippen LogP contribution in [0.1, 0.15) is 145 Å². The summed E-state index contributed by atoms with van der Waals surface area (Å²) in [6.07, 6.45) is 10.6. The van der Waals surface area contributed by atoms with E-state index in [0.29, 0.717) is 149 Å². The second-order valence-corrected chi connectivity index (χ2v) is 19.9. The van der Waals surface area contributed by atoms with Gasteiger partial charge >= 0.3 is 35.8 Å². The Morgan fingerprint density at radius 2 is 0.575 bits per heavy atom. The Kier molecular flexibility index (Phi) is 38.7. The summed E-state index contributed by atoms with van der Waals surface area (Å²) >= 11 is 0. The molecular weight excluding hydrogens is 943 g/mol. The van der Waals surface area contributed by atoms with Gasteiger partial charge in [-0.25, -0.2) is 0 Å². The lowest BCUT2D eigenvalue weighted by Crippen LogP contribution is -2.40. The number of hydrogen-bond acceptors (Lipinski definition) is 18. The smallest absolute Gasteiger partial charge is 0.309 e. The molecule has 0 amide bonds. The van der Waals surface area contributed by atoms with Crippen LogP contribution in [0.4, 0.5) is 0 Å². The molecule has 0 unspecified atom stereocenters. The lowest BCUT2D eigenvalue weighted by Gasteiger charge is -2.30. The van der Waals surface area contributed by atoms with Crippen molar-refractivity contribution in [3.8, 4) is 0 Å². The lowest BCUT2D eigenvalue weighted by molar-refractivity contribution is -0.156. The van der Waals surface area contributed by atoms with Crippen LogP contribution >= 0.6 is 0 Å². The van der Waals surface area contributed by atoms with Crippen LogP contribution in [0.3, 0.4) is 0 Å². The topological polar surface area (TPSA) is 195 Å². The highest BCUT2D eigenvalue weighted by molar-refractivity contribution is 5.76. The van der Waals surface area contributed by atoms with E-state index in [9.17, 15) is 28.8 Å². The summed E-state index contributed by atoms with van der Waals surface area (Å²) in [6, 6.07) is 0.858. The summed E-state index contributed by atoms with van der Waals surface area (Å²) in [5.41, 5.74) is 0. The van der Waals surface area contributed by atoms with Crippen molar-refractivity contribution in [2.24, 2.45) is 35.5 Å².